The Bertz CT molecular complexity index is 573. The molecule has 0 radical (unpaired) electrons. The summed E-state index contributed by atoms with van der Waals surface area (Å²) in [5.41, 5.74) is 0.639. The van der Waals surface area contributed by atoms with Gasteiger partial charge in [-0.25, -0.2) is 4.39 Å². The molecule has 2 aromatic rings. The lowest BCUT2D eigenvalue weighted by Gasteiger charge is -2.27. The van der Waals surface area contributed by atoms with Crippen molar-refractivity contribution < 1.29 is 9.50 Å². The van der Waals surface area contributed by atoms with E-state index in [0.717, 1.165) is 25.9 Å². The van der Waals surface area contributed by atoms with Gasteiger partial charge in [0.15, 0.2) is 0 Å². The number of hydrogen-bond acceptors (Lipinski definition) is 3. The van der Waals surface area contributed by atoms with Crippen LogP contribution < -0.4 is 0 Å². The molecule has 1 aromatic carbocycles. The number of aromatic nitrogens is 2. The molecule has 112 valence electrons. The fraction of sp³-hybridized carbons (Fsp3) is 0.438. The molecule has 1 saturated heterocycles. The zero-order valence-electron chi connectivity index (χ0n) is 11.9. The highest BCUT2D eigenvalue weighted by Gasteiger charge is 2.27. The van der Waals surface area contributed by atoms with Gasteiger partial charge in [0.1, 0.15) is 5.82 Å². The minimum absolute atomic E-state index is 0.305. The van der Waals surface area contributed by atoms with E-state index >= 15 is 0 Å². The monoisotopic (exact) mass is 289 g/mol. The average molecular weight is 289 g/mol. The van der Waals surface area contributed by atoms with Gasteiger partial charge in [0.25, 0.3) is 0 Å². The summed E-state index contributed by atoms with van der Waals surface area (Å²) in [7, 11) is 0. The normalized spacial score (nSPS) is 20.8. The van der Waals surface area contributed by atoms with Crippen molar-refractivity contribution in [3.63, 3.8) is 0 Å². The molecule has 1 N–H and O–H groups in total. The van der Waals surface area contributed by atoms with Crippen molar-refractivity contribution in [1.82, 2.24) is 14.7 Å². The van der Waals surface area contributed by atoms with Crippen LogP contribution >= 0.6 is 0 Å². The Balaban J connectivity index is 1.63. The summed E-state index contributed by atoms with van der Waals surface area (Å²) < 4.78 is 15.2. The number of likely N-dealkylation sites (tertiary alicyclic amines) is 1. The topological polar surface area (TPSA) is 41.3 Å². The van der Waals surface area contributed by atoms with E-state index in [-0.39, 0.29) is 5.82 Å². The Morgan fingerprint density at radius 2 is 2.29 bits per heavy atom. The van der Waals surface area contributed by atoms with Gasteiger partial charge in [-0.1, -0.05) is 12.1 Å². The van der Waals surface area contributed by atoms with Crippen LogP contribution in [0.15, 0.2) is 42.7 Å². The van der Waals surface area contributed by atoms with Gasteiger partial charge in [-0.2, -0.15) is 5.10 Å². The third-order valence-corrected chi connectivity index (χ3v) is 4.10. The first kappa shape index (κ1) is 14.2. The molecule has 1 aliphatic rings. The lowest BCUT2D eigenvalue weighted by atomic mass is 10.1. The maximum atomic E-state index is 13.2. The first-order chi connectivity index (χ1) is 10.2. The molecule has 21 heavy (non-hydrogen) atoms. The Morgan fingerprint density at radius 3 is 3.05 bits per heavy atom. The van der Waals surface area contributed by atoms with E-state index in [9.17, 15) is 9.50 Å². The second-order valence-corrected chi connectivity index (χ2v) is 5.59. The highest BCUT2D eigenvalue weighted by atomic mass is 19.1. The summed E-state index contributed by atoms with van der Waals surface area (Å²) in [6.07, 6.45) is 5.32. The maximum Gasteiger partial charge on any atom is 0.123 e. The minimum atomic E-state index is -0.654. The average Bonchev–Trinajstić information content (AvgIpc) is 3.12. The van der Waals surface area contributed by atoms with Crippen LogP contribution in [0.25, 0.3) is 0 Å². The fourth-order valence-corrected chi connectivity index (χ4v) is 3.01. The number of nitrogens with zero attached hydrogens (tertiary/aromatic N) is 3. The number of rotatable bonds is 5. The summed E-state index contributed by atoms with van der Waals surface area (Å²) in [6.45, 7) is 2.34. The molecule has 0 amide bonds. The Labute approximate surface area is 123 Å². The third kappa shape index (κ3) is 3.49. The SMILES string of the molecule is O[C@H](CN1CCC[C@H]1Cn1cccn1)c1cccc(F)c1. The van der Waals surface area contributed by atoms with E-state index in [4.69, 9.17) is 0 Å². The van der Waals surface area contributed by atoms with E-state index in [1.807, 2.05) is 16.9 Å². The molecule has 2 atom stereocenters. The van der Waals surface area contributed by atoms with Gasteiger partial charge in [0.05, 0.1) is 12.6 Å². The number of halogens is 1. The van der Waals surface area contributed by atoms with Crippen LogP contribution in [0.3, 0.4) is 0 Å². The number of aliphatic hydroxyl groups excluding tert-OH is 1. The Morgan fingerprint density at radius 1 is 1.38 bits per heavy atom. The molecule has 0 bridgehead atoms. The van der Waals surface area contributed by atoms with Crippen molar-refractivity contribution in [2.75, 3.05) is 13.1 Å². The zero-order chi connectivity index (χ0) is 14.7. The second kappa shape index (κ2) is 6.37. The lowest BCUT2D eigenvalue weighted by Crippen LogP contribution is -2.36. The minimum Gasteiger partial charge on any atom is -0.387 e. The molecule has 0 saturated carbocycles. The molecule has 0 aliphatic carbocycles. The first-order valence-electron chi connectivity index (χ1n) is 7.37. The van der Waals surface area contributed by atoms with Gasteiger partial charge < -0.3 is 5.11 Å². The zero-order valence-corrected chi connectivity index (χ0v) is 11.9. The first-order valence-corrected chi connectivity index (χ1v) is 7.37. The summed E-state index contributed by atoms with van der Waals surface area (Å²) >= 11 is 0. The Kier molecular flexibility index (Phi) is 4.31. The van der Waals surface area contributed by atoms with Gasteiger partial charge in [0.2, 0.25) is 0 Å². The van der Waals surface area contributed by atoms with E-state index in [2.05, 4.69) is 10.00 Å². The van der Waals surface area contributed by atoms with E-state index in [1.165, 1.54) is 12.1 Å². The van der Waals surface area contributed by atoms with Crippen LogP contribution in [0.4, 0.5) is 4.39 Å². The van der Waals surface area contributed by atoms with Crippen LogP contribution in [0.5, 0.6) is 0 Å². The summed E-state index contributed by atoms with van der Waals surface area (Å²) in [6, 6.07) is 8.51. The van der Waals surface area contributed by atoms with Crippen molar-refractivity contribution in [2.24, 2.45) is 0 Å². The van der Waals surface area contributed by atoms with Gasteiger partial charge in [-0.05, 0) is 43.1 Å². The largest absolute Gasteiger partial charge is 0.387 e. The molecule has 1 fully saturated rings. The number of aliphatic hydroxyl groups is 1. The van der Waals surface area contributed by atoms with Crippen LogP contribution in [-0.4, -0.2) is 38.9 Å². The molecule has 1 aliphatic heterocycles. The number of hydrogen-bond donors (Lipinski definition) is 1. The van der Waals surface area contributed by atoms with Crippen molar-refractivity contribution in [3.8, 4) is 0 Å². The van der Waals surface area contributed by atoms with Crippen molar-refractivity contribution in [1.29, 1.82) is 0 Å². The molecule has 1 aromatic heterocycles. The molecule has 0 spiro atoms. The smallest absolute Gasteiger partial charge is 0.123 e. The van der Waals surface area contributed by atoms with Gasteiger partial charge in [-0.15, -0.1) is 0 Å². The van der Waals surface area contributed by atoms with E-state index < -0.39 is 6.10 Å². The van der Waals surface area contributed by atoms with Crippen LogP contribution in [0.2, 0.25) is 0 Å². The summed E-state index contributed by atoms with van der Waals surface area (Å²) in [5.74, 6) is -0.305. The molecule has 2 heterocycles. The quantitative estimate of drug-likeness (QED) is 0.917. The number of β-amino-alcohol motifs (C(OH)–C–C–N with tert-alkyl or cyclic N) is 1. The molecular formula is C16H20FN3O. The van der Waals surface area contributed by atoms with Crippen LogP contribution in [0.1, 0.15) is 24.5 Å². The summed E-state index contributed by atoms with van der Waals surface area (Å²) in [4.78, 5) is 2.28. The van der Waals surface area contributed by atoms with Gasteiger partial charge >= 0.3 is 0 Å². The van der Waals surface area contributed by atoms with Crippen LogP contribution in [0, 0.1) is 5.82 Å². The third-order valence-electron chi connectivity index (χ3n) is 4.10. The van der Waals surface area contributed by atoms with E-state index in [1.54, 1.807) is 18.3 Å². The van der Waals surface area contributed by atoms with E-state index in [0.29, 0.717) is 18.2 Å². The highest BCUT2D eigenvalue weighted by molar-refractivity contribution is 5.19. The predicted octanol–water partition coefficient (Wildman–Crippen LogP) is 2.22. The molecule has 4 nitrogen and oxygen atoms in total. The Hall–Kier alpha value is -1.72. The molecule has 0 unspecified atom stereocenters. The highest BCUT2D eigenvalue weighted by Crippen LogP contribution is 2.23. The lowest BCUT2D eigenvalue weighted by molar-refractivity contribution is 0.100. The number of benzene rings is 1. The second-order valence-electron chi connectivity index (χ2n) is 5.59. The van der Waals surface area contributed by atoms with Gasteiger partial charge in [-0.3, -0.25) is 9.58 Å². The fourth-order valence-electron chi connectivity index (χ4n) is 3.01. The molecule has 3 rings (SSSR count). The molecular weight excluding hydrogens is 269 g/mol. The maximum absolute atomic E-state index is 13.2. The van der Waals surface area contributed by atoms with Crippen molar-refractivity contribution in [3.05, 3.63) is 54.1 Å². The van der Waals surface area contributed by atoms with Crippen molar-refractivity contribution >= 4 is 0 Å². The predicted molar refractivity (Wildman–Crippen MR) is 78.2 cm³/mol. The summed E-state index contributed by atoms with van der Waals surface area (Å²) in [5, 5.41) is 14.6. The van der Waals surface area contributed by atoms with Crippen LogP contribution in [-0.2, 0) is 6.54 Å². The molecule has 5 heteroatoms. The van der Waals surface area contributed by atoms with Gasteiger partial charge in [0, 0.05) is 25.0 Å². The van der Waals surface area contributed by atoms with Crippen molar-refractivity contribution in [2.45, 2.75) is 31.5 Å². The standard InChI is InChI=1S/C16H20FN3O/c17-14-5-1-4-13(10-14)16(21)12-19-8-2-6-15(19)11-20-9-3-7-18-20/h1,3-5,7,9-10,15-16,21H,2,6,8,11-12H2/t15-,16+/m0/s1.